The largest absolute Gasteiger partial charge is 0.340 e. The van der Waals surface area contributed by atoms with E-state index in [-0.39, 0.29) is 17.9 Å². The number of amides is 1. The minimum atomic E-state index is -0.231. The summed E-state index contributed by atoms with van der Waals surface area (Å²) < 4.78 is 0. The van der Waals surface area contributed by atoms with Crippen LogP contribution in [0.4, 0.5) is 0 Å². The highest BCUT2D eigenvalue weighted by Gasteiger charge is 2.34. The van der Waals surface area contributed by atoms with E-state index in [0.717, 1.165) is 31.6 Å². The van der Waals surface area contributed by atoms with Crippen LogP contribution in [0.5, 0.6) is 0 Å². The van der Waals surface area contributed by atoms with Crippen molar-refractivity contribution in [2.24, 2.45) is 17.8 Å². The molecular weight excluding hydrogens is 236 g/mol. The first-order valence-corrected chi connectivity index (χ1v) is 7.94. The molecule has 0 saturated heterocycles. The van der Waals surface area contributed by atoms with Gasteiger partial charge in [-0.25, -0.2) is 0 Å². The molecule has 106 valence electrons. The second-order valence-corrected chi connectivity index (χ2v) is 6.31. The lowest BCUT2D eigenvalue weighted by Crippen LogP contribution is -2.40. The topological polar surface area (TPSA) is 52.9 Å². The number of nitrogens with one attached hydrogen (secondary N) is 1. The van der Waals surface area contributed by atoms with Gasteiger partial charge in [0.1, 0.15) is 6.04 Å². The van der Waals surface area contributed by atoms with Gasteiger partial charge in [0.05, 0.1) is 6.07 Å². The summed E-state index contributed by atoms with van der Waals surface area (Å²) in [6.07, 6.45) is 10.5. The molecule has 0 aromatic heterocycles. The van der Waals surface area contributed by atoms with Gasteiger partial charge in [-0.15, -0.1) is 0 Å². The van der Waals surface area contributed by atoms with Crippen molar-refractivity contribution in [3.63, 3.8) is 0 Å². The quantitative estimate of drug-likeness (QED) is 0.797. The molecule has 19 heavy (non-hydrogen) atoms. The van der Waals surface area contributed by atoms with E-state index in [1.165, 1.54) is 32.1 Å². The predicted molar refractivity (Wildman–Crippen MR) is 75.2 cm³/mol. The van der Waals surface area contributed by atoms with Crippen LogP contribution in [-0.2, 0) is 4.79 Å². The maximum Gasteiger partial charge on any atom is 0.224 e. The van der Waals surface area contributed by atoms with Crippen LogP contribution in [0.15, 0.2) is 0 Å². The summed E-state index contributed by atoms with van der Waals surface area (Å²) in [4.78, 5) is 12.2. The third-order valence-corrected chi connectivity index (χ3v) is 4.71. The average molecular weight is 262 g/mol. The fourth-order valence-corrected chi connectivity index (χ4v) is 3.16. The Kier molecular flexibility index (Phi) is 5.24. The summed E-state index contributed by atoms with van der Waals surface area (Å²) >= 11 is 0. The Hall–Kier alpha value is -1.04. The molecule has 0 aliphatic heterocycles. The molecule has 0 heterocycles. The summed E-state index contributed by atoms with van der Waals surface area (Å²) in [5.74, 6) is 1.55. The molecule has 0 radical (unpaired) electrons. The van der Waals surface area contributed by atoms with Crippen molar-refractivity contribution in [3.05, 3.63) is 0 Å². The molecule has 1 unspecified atom stereocenters. The van der Waals surface area contributed by atoms with Crippen molar-refractivity contribution in [2.45, 2.75) is 70.8 Å². The molecule has 2 saturated carbocycles. The molecule has 1 atom stereocenters. The summed E-state index contributed by atoms with van der Waals surface area (Å²) in [6.45, 7) is 2.24. The Morgan fingerprint density at radius 3 is 2.47 bits per heavy atom. The molecule has 2 rings (SSSR count). The summed E-state index contributed by atoms with van der Waals surface area (Å²) in [6, 6.07) is 2.01. The monoisotopic (exact) mass is 262 g/mol. The zero-order chi connectivity index (χ0) is 13.7. The number of nitrogens with zero attached hydrogens (tertiary/aromatic N) is 1. The van der Waals surface area contributed by atoms with Gasteiger partial charge in [-0.1, -0.05) is 26.2 Å². The van der Waals surface area contributed by atoms with Crippen LogP contribution >= 0.6 is 0 Å². The average Bonchev–Trinajstić information content (AvgIpc) is 3.27. The molecule has 2 aliphatic rings. The number of rotatable bonds is 6. The molecular formula is C16H26N2O. The second kappa shape index (κ2) is 6.93. The second-order valence-electron chi connectivity index (χ2n) is 6.31. The summed E-state index contributed by atoms with van der Waals surface area (Å²) in [7, 11) is 0. The van der Waals surface area contributed by atoms with Crippen molar-refractivity contribution in [1.29, 1.82) is 5.26 Å². The first-order chi connectivity index (χ1) is 9.24. The molecule has 0 aromatic carbocycles. The summed E-state index contributed by atoms with van der Waals surface area (Å²) in [5, 5.41) is 12.0. The minimum absolute atomic E-state index is 0.132. The Labute approximate surface area is 116 Å². The Morgan fingerprint density at radius 2 is 1.95 bits per heavy atom. The summed E-state index contributed by atoms with van der Waals surface area (Å²) in [5.41, 5.74) is 0. The van der Waals surface area contributed by atoms with Crippen molar-refractivity contribution in [1.82, 2.24) is 5.32 Å². The smallest absolute Gasteiger partial charge is 0.224 e. The van der Waals surface area contributed by atoms with Gasteiger partial charge in [0.15, 0.2) is 0 Å². The molecule has 2 fully saturated rings. The van der Waals surface area contributed by atoms with Crippen LogP contribution in [0, 0.1) is 29.1 Å². The SMILES string of the molecule is CCCCC1CCC(C(=O)NC(C#N)C2CC2)CC1. The van der Waals surface area contributed by atoms with E-state index in [1.807, 2.05) is 0 Å². The van der Waals surface area contributed by atoms with E-state index in [4.69, 9.17) is 5.26 Å². The highest BCUT2D eigenvalue weighted by molar-refractivity contribution is 5.79. The molecule has 2 aliphatic carbocycles. The first kappa shape index (κ1) is 14.4. The van der Waals surface area contributed by atoms with Crippen LogP contribution in [0.2, 0.25) is 0 Å². The lowest BCUT2D eigenvalue weighted by Gasteiger charge is -2.28. The minimum Gasteiger partial charge on any atom is -0.340 e. The molecule has 3 nitrogen and oxygen atoms in total. The number of hydrogen-bond acceptors (Lipinski definition) is 2. The van der Waals surface area contributed by atoms with Crippen LogP contribution < -0.4 is 5.32 Å². The van der Waals surface area contributed by atoms with Crippen LogP contribution in [0.3, 0.4) is 0 Å². The van der Waals surface area contributed by atoms with Gasteiger partial charge >= 0.3 is 0 Å². The van der Waals surface area contributed by atoms with Gasteiger partial charge in [0.2, 0.25) is 5.91 Å². The van der Waals surface area contributed by atoms with E-state index in [0.29, 0.717) is 5.92 Å². The third kappa shape index (κ3) is 4.23. The number of carbonyl (C=O) groups excluding carboxylic acids is 1. The van der Waals surface area contributed by atoms with E-state index in [9.17, 15) is 4.79 Å². The first-order valence-electron chi connectivity index (χ1n) is 7.94. The molecule has 0 bridgehead atoms. The van der Waals surface area contributed by atoms with Gasteiger partial charge in [0, 0.05) is 5.92 Å². The van der Waals surface area contributed by atoms with Gasteiger partial charge in [-0.05, 0) is 50.4 Å². The zero-order valence-electron chi connectivity index (χ0n) is 12.0. The highest BCUT2D eigenvalue weighted by atomic mass is 16.1. The van der Waals surface area contributed by atoms with Crippen LogP contribution in [-0.4, -0.2) is 11.9 Å². The van der Waals surface area contributed by atoms with Crippen molar-refractivity contribution in [2.75, 3.05) is 0 Å². The zero-order valence-corrected chi connectivity index (χ0v) is 12.0. The third-order valence-electron chi connectivity index (χ3n) is 4.71. The van der Waals surface area contributed by atoms with E-state index >= 15 is 0 Å². The standard InChI is InChI=1S/C16H26N2O/c1-2-3-4-12-5-7-14(8-6-12)16(19)18-15(11-17)13-9-10-13/h12-15H,2-10H2,1H3,(H,18,19). The van der Waals surface area contributed by atoms with Crippen molar-refractivity contribution < 1.29 is 4.79 Å². The maximum atomic E-state index is 12.2. The molecule has 1 N–H and O–H groups in total. The van der Waals surface area contributed by atoms with Gasteiger partial charge in [-0.3, -0.25) is 4.79 Å². The molecule has 0 spiro atoms. The number of hydrogen-bond donors (Lipinski definition) is 1. The van der Waals surface area contributed by atoms with Gasteiger partial charge in [0.25, 0.3) is 0 Å². The normalized spacial score (nSPS) is 28.4. The predicted octanol–water partition coefficient (Wildman–Crippen LogP) is 3.40. The van der Waals surface area contributed by atoms with Gasteiger partial charge < -0.3 is 5.32 Å². The highest BCUT2D eigenvalue weighted by Crippen LogP contribution is 2.34. The Bertz CT molecular complexity index is 335. The lowest BCUT2D eigenvalue weighted by atomic mass is 9.79. The lowest BCUT2D eigenvalue weighted by molar-refractivity contribution is -0.126. The number of nitriles is 1. The van der Waals surface area contributed by atoms with Gasteiger partial charge in [-0.2, -0.15) is 5.26 Å². The fraction of sp³-hybridized carbons (Fsp3) is 0.875. The maximum absolute atomic E-state index is 12.2. The van der Waals surface area contributed by atoms with Crippen LogP contribution in [0.1, 0.15) is 64.7 Å². The van der Waals surface area contributed by atoms with Crippen LogP contribution in [0.25, 0.3) is 0 Å². The fourth-order valence-electron chi connectivity index (χ4n) is 3.16. The molecule has 3 heteroatoms. The van der Waals surface area contributed by atoms with E-state index in [1.54, 1.807) is 0 Å². The Morgan fingerprint density at radius 1 is 1.26 bits per heavy atom. The van der Waals surface area contributed by atoms with E-state index in [2.05, 4.69) is 18.3 Å². The Balaban J connectivity index is 1.71. The number of unbranched alkanes of at least 4 members (excludes halogenated alkanes) is 1. The van der Waals surface area contributed by atoms with E-state index < -0.39 is 0 Å². The molecule has 0 aromatic rings. The van der Waals surface area contributed by atoms with Crippen molar-refractivity contribution >= 4 is 5.91 Å². The van der Waals surface area contributed by atoms with Crippen molar-refractivity contribution in [3.8, 4) is 6.07 Å². The molecule has 1 amide bonds. The number of carbonyl (C=O) groups is 1.